The molecular formula is C19H17BrN4O3. The van der Waals surface area contributed by atoms with Crippen LogP contribution in [0.15, 0.2) is 52.0 Å². The van der Waals surface area contributed by atoms with Crippen LogP contribution < -0.4 is 20.5 Å². The van der Waals surface area contributed by atoms with Crippen molar-refractivity contribution in [2.75, 3.05) is 19.6 Å². The molecule has 0 aliphatic rings. The maximum atomic E-state index is 12.8. The molecule has 7 nitrogen and oxygen atoms in total. The lowest BCUT2D eigenvalue weighted by Gasteiger charge is -2.12. The minimum Gasteiger partial charge on any atom is -0.493 e. The van der Waals surface area contributed by atoms with Gasteiger partial charge < -0.3 is 19.9 Å². The molecular weight excluding hydrogens is 412 g/mol. The van der Waals surface area contributed by atoms with Crippen molar-refractivity contribution in [3.63, 3.8) is 0 Å². The van der Waals surface area contributed by atoms with Crippen molar-refractivity contribution < 1.29 is 9.47 Å². The van der Waals surface area contributed by atoms with Crippen molar-refractivity contribution >= 4 is 37.9 Å². The van der Waals surface area contributed by atoms with Crippen molar-refractivity contribution in [1.29, 1.82) is 0 Å². The average Bonchev–Trinajstić information content (AvgIpc) is 3.06. The lowest BCUT2D eigenvalue weighted by molar-refractivity contribution is 0.354. The van der Waals surface area contributed by atoms with Gasteiger partial charge in [-0.3, -0.25) is 4.79 Å². The first-order chi connectivity index (χ1) is 13.1. The summed E-state index contributed by atoms with van der Waals surface area (Å²) in [5.74, 6) is 1.30. The summed E-state index contributed by atoms with van der Waals surface area (Å²) in [7, 11) is 3.18. The number of fused-ring (bicyclic) bond motifs is 3. The molecule has 0 bridgehead atoms. The number of rotatable bonds is 5. The Labute approximate surface area is 163 Å². The molecule has 27 heavy (non-hydrogen) atoms. The highest BCUT2D eigenvalue weighted by Gasteiger charge is 2.11. The number of nitrogens with zero attached hydrogens (tertiary/aromatic N) is 2. The fraction of sp³-hybridized carbons (Fsp3) is 0.158. The fourth-order valence-corrected chi connectivity index (χ4v) is 3.37. The Morgan fingerprint density at radius 2 is 1.96 bits per heavy atom. The second-order valence-electron chi connectivity index (χ2n) is 5.98. The Bertz CT molecular complexity index is 1200. The van der Waals surface area contributed by atoms with E-state index in [1.165, 1.54) is 11.0 Å². The van der Waals surface area contributed by atoms with E-state index < -0.39 is 0 Å². The minimum atomic E-state index is -0.187. The third-order valence-electron chi connectivity index (χ3n) is 4.37. The van der Waals surface area contributed by atoms with E-state index in [0.717, 1.165) is 20.9 Å². The highest BCUT2D eigenvalue weighted by atomic mass is 79.9. The Kier molecular flexibility index (Phi) is 4.49. The summed E-state index contributed by atoms with van der Waals surface area (Å²) in [6.07, 6.45) is 1.50. The van der Waals surface area contributed by atoms with E-state index in [2.05, 4.69) is 31.3 Å². The van der Waals surface area contributed by atoms with Crippen LogP contribution in [-0.4, -0.2) is 28.9 Å². The third kappa shape index (κ3) is 3.12. The maximum Gasteiger partial charge on any atom is 0.296 e. The Balaban J connectivity index is 1.66. The Morgan fingerprint density at radius 3 is 2.74 bits per heavy atom. The summed E-state index contributed by atoms with van der Waals surface area (Å²) in [6.45, 7) is 0.430. The molecule has 2 aromatic heterocycles. The van der Waals surface area contributed by atoms with Gasteiger partial charge in [-0.25, -0.2) is 9.66 Å². The Morgan fingerprint density at radius 1 is 1.15 bits per heavy atom. The average molecular weight is 429 g/mol. The largest absolute Gasteiger partial charge is 0.493 e. The molecule has 0 atom stereocenters. The topological polar surface area (TPSA) is 81.2 Å². The molecule has 0 unspecified atom stereocenters. The number of H-pyrrole nitrogens is 1. The predicted octanol–water partition coefficient (Wildman–Crippen LogP) is 3.40. The number of ether oxygens (including phenoxy) is 2. The predicted molar refractivity (Wildman–Crippen MR) is 108 cm³/mol. The van der Waals surface area contributed by atoms with Gasteiger partial charge >= 0.3 is 0 Å². The van der Waals surface area contributed by atoms with E-state index >= 15 is 0 Å². The zero-order valence-corrected chi connectivity index (χ0v) is 16.3. The number of hydrogen-bond acceptors (Lipinski definition) is 5. The SMILES string of the molecule is COc1ccc(CNn2cnc3c([nH]c4ccc(Br)cc43)c2=O)cc1OC. The van der Waals surface area contributed by atoms with Crippen molar-refractivity contribution in [3.8, 4) is 11.5 Å². The molecule has 2 N–H and O–H groups in total. The zero-order chi connectivity index (χ0) is 19.0. The number of methoxy groups -OCH3 is 2. The molecule has 0 saturated heterocycles. The van der Waals surface area contributed by atoms with E-state index in [4.69, 9.17) is 9.47 Å². The molecule has 4 rings (SSSR count). The number of nitrogens with one attached hydrogen (secondary N) is 2. The normalized spacial score (nSPS) is 11.1. The van der Waals surface area contributed by atoms with Gasteiger partial charge in [-0.1, -0.05) is 22.0 Å². The molecule has 0 radical (unpaired) electrons. The van der Waals surface area contributed by atoms with Gasteiger partial charge in [0.15, 0.2) is 11.5 Å². The summed E-state index contributed by atoms with van der Waals surface area (Å²) in [4.78, 5) is 20.4. The second-order valence-corrected chi connectivity index (χ2v) is 6.90. The number of aromatic amines is 1. The van der Waals surface area contributed by atoms with Crippen LogP contribution in [0.3, 0.4) is 0 Å². The standard InChI is InChI=1S/C19H17BrN4O3/c1-26-15-6-3-11(7-16(15)27-2)9-22-24-10-21-17-13-8-12(20)4-5-14(13)23-18(17)19(24)25/h3-8,10,22-23H,9H2,1-2H3. The summed E-state index contributed by atoms with van der Waals surface area (Å²) < 4.78 is 12.9. The van der Waals surface area contributed by atoms with E-state index in [1.807, 2.05) is 36.4 Å². The third-order valence-corrected chi connectivity index (χ3v) is 4.86. The van der Waals surface area contributed by atoms with Crippen LogP contribution in [0.25, 0.3) is 21.9 Å². The van der Waals surface area contributed by atoms with E-state index in [-0.39, 0.29) is 5.56 Å². The van der Waals surface area contributed by atoms with Crippen molar-refractivity contribution in [2.45, 2.75) is 6.54 Å². The molecule has 2 aromatic carbocycles. The van der Waals surface area contributed by atoms with Crippen molar-refractivity contribution in [1.82, 2.24) is 14.6 Å². The van der Waals surface area contributed by atoms with Gasteiger partial charge in [0.1, 0.15) is 17.4 Å². The van der Waals surface area contributed by atoms with Crippen LogP contribution >= 0.6 is 15.9 Å². The zero-order valence-electron chi connectivity index (χ0n) is 14.7. The fourth-order valence-electron chi connectivity index (χ4n) is 3.01. The molecule has 138 valence electrons. The highest BCUT2D eigenvalue weighted by Crippen LogP contribution is 2.27. The maximum absolute atomic E-state index is 12.8. The number of aromatic nitrogens is 3. The molecule has 0 aliphatic carbocycles. The van der Waals surface area contributed by atoms with Gasteiger partial charge in [0.2, 0.25) is 0 Å². The monoisotopic (exact) mass is 428 g/mol. The second kappa shape index (κ2) is 6.96. The Hall–Kier alpha value is -3.00. The first-order valence-electron chi connectivity index (χ1n) is 8.24. The van der Waals surface area contributed by atoms with Gasteiger partial charge in [-0.05, 0) is 35.9 Å². The summed E-state index contributed by atoms with van der Waals surface area (Å²) >= 11 is 3.45. The van der Waals surface area contributed by atoms with E-state index in [0.29, 0.717) is 29.1 Å². The van der Waals surface area contributed by atoms with Crippen LogP contribution in [-0.2, 0) is 6.54 Å². The van der Waals surface area contributed by atoms with Crippen molar-refractivity contribution in [3.05, 3.63) is 63.1 Å². The first-order valence-corrected chi connectivity index (χ1v) is 9.03. The molecule has 2 heterocycles. The summed E-state index contributed by atoms with van der Waals surface area (Å²) in [5.41, 5.74) is 5.83. The molecule has 0 spiro atoms. The molecule has 0 fully saturated rings. The quantitative estimate of drug-likeness (QED) is 0.508. The number of benzene rings is 2. The van der Waals surface area contributed by atoms with Crippen LogP contribution in [0.2, 0.25) is 0 Å². The van der Waals surface area contributed by atoms with Gasteiger partial charge in [0, 0.05) is 15.4 Å². The molecule has 0 aliphatic heterocycles. The molecule has 0 amide bonds. The first kappa shape index (κ1) is 17.4. The van der Waals surface area contributed by atoms with Crippen LogP contribution in [0.4, 0.5) is 0 Å². The number of halogens is 1. The van der Waals surface area contributed by atoms with Gasteiger partial charge in [-0.2, -0.15) is 0 Å². The van der Waals surface area contributed by atoms with Gasteiger partial charge in [0.05, 0.1) is 20.8 Å². The molecule has 4 aromatic rings. The smallest absolute Gasteiger partial charge is 0.296 e. The minimum absolute atomic E-state index is 0.187. The lowest BCUT2D eigenvalue weighted by atomic mass is 10.2. The number of hydrogen-bond donors (Lipinski definition) is 2. The van der Waals surface area contributed by atoms with Crippen LogP contribution in [0.1, 0.15) is 5.56 Å². The summed E-state index contributed by atoms with van der Waals surface area (Å²) in [6, 6.07) is 11.4. The molecule has 0 saturated carbocycles. The lowest BCUT2D eigenvalue weighted by Crippen LogP contribution is -2.29. The van der Waals surface area contributed by atoms with Crippen molar-refractivity contribution in [2.24, 2.45) is 0 Å². The van der Waals surface area contributed by atoms with Crippen LogP contribution in [0, 0.1) is 0 Å². The van der Waals surface area contributed by atoms with Gasteiger partial charge in [0.25, 0.3) is 5.56 Å². The van der Waals surface area contributed by atoms with E-state index in [9.17, 15) is 4.79 Å². The van der Waals surface area contributed by atoms with E-state index in [1.54, 1.807) is 14.2 Å². The highest BCUT2D eigenvalue weighted by molar-refractivity contribution is 9.10. The van der Waals surface area contributed by atoms with Gasteiger partial charge in [-0.15, -0.1) is 0 Å². The van der Waals surface area contributed by atoms with Crippen LogP contribution in [0.5, 0.6) is 11.5 Å². The summed E-state index contributed by atoms with van der Waals surface area (Å²) in [5, 5.41) is 0.906. The molecule has 8 heteroatoms.